The van der Waals surface area contributed by atoms with Gasteiger partial charge in [0.1, 0.15) is 17.6 Å². The van der Waals surface area contributed by atoms with Crippen LogP contribution in [0.4, 0.5) is 13.2 Å². The van der Waals surface area contributed by atoms with E-state index in [1.807, 2.05) is 6.07 Å². The van der Waals surface area contributed by atoms with Crippen LogP contribution in [0.5, 0.6) is 17.2 Å². The Labute approximate surface area is 195 Å². The van der Waals surface area contributed by atoms with Crippen LogP contribution in [0.1, 0.15) is 37.0 Å². The lowest BCUT2D eigenvalue weighted by molar-refractivity contribution is -0.150. The summed E-state index contributed by atoms with van der Waals surface area (Å²) in [5.74, 6) is -2.06. The molecule has 0 aliphatic carbocycles. The summed E-state index contributed by atoms with van der Waals surface area (Å²) in [4.78, 5) is 13.0. The highest BCUT2D eigenvalue weighted by atomic mass is 19.3. The fourth-order valence-corrected chi connectivity index (χ4v) is 3.38. The van der Waals surface area contributed by atoms with Gasteiger partial charge in [0.05, 0.1) is 5.92 Å². The van der Waals surface area contributed by atoms with Gasteiger partial charge in [-0.15, -0.1) is 0 Å². The predicted molar refractivity (Wildman–Crippen MR) is 118 cm³/mol. The van der Waals surface area contributed by atoms with Crippen LogP contribution < -0.4 is 9.47 Å². The molecule has 0 spiro atoms. The van der Waals surface area contributed by atoms with Crippen molar-refractivity contribution >= 4 is 5.97 Å². The van der Waals surface area contributed by atoms with E-state index in [9.17, 15) is 23.2 Å². The normalized spacial score (nSPS) is 12.6. The van der Waals surface area contributed by atoms with Crippen LogP contribution in [0.3, 0.4) is 0 Å². The summed E-state index contributed by atoms with van der Waals surface area (Å²) in [6.07, 6.45) is -1.31. The lowest BCUT2D eigenvalue weighted by Crippen LogP contribution is -2.22. The second-order valence-corrected chi connectivity index (χ2v) is 7.72. The number of benzene rings is 3. The van der Waals surface area contributed by atoms with Crippen molar-refractivity contribution in [3.05, 3.63) is 89.7 Å². The van der Waals surface area contributed by atoms with Crippen molar-refractivity contribution in [3.63, 3.8) is 0 Å². The molecule has 3 rings (SSSR count). The molecular formula is C26H22F3NO4. The third-order valence-electron chi connectivity index (χ3n) is 4.97. The van der Waals surface area contributed by atoms with Crippen molar-refractivity contribution in [2.24, 2.45) is 5.92 Å². The number of halogens is 3. The highest BCUT2D eigenvalue weighted by Gasteiger charge is 2.29. The maximum atomic E-state index is 14.3. The van der Waals surface area contributed by atoms with Crippen LogP contribution in [0.25, 0.3) is 0 Å². The van der Waals surface area contributed by atoms with Crippen LogP contribution in [-0.2, 0) is 9.53 Å². The van der Waals surface area contributed by atoms with Crippen LogP contribution in [0.15, 0.2) is 72.8 Å². The SMILES string of the molecule is CC(C)C(C(=O)OC(C#N)c1ccc(F)c(Oc2ccccc2)c1)c1ccc(OC(F)F)cc1. The van der Waals surface area contributed by atoms with Crippen molar-refractivity contribution < 1.29 is 32.2 Å². The molecule has 2 atom stereocenters. The maximum Gasteiger partial charge on any atom is 0.387 e. The monoisotopic (exact) mass is 469 g/mol. The summed E-state index contributed by atoms with van der Waals surface area (Å²) < 4.78 is 54.4. The fourth-order valence-electron chi connectivity index (χ4n) is 3.38. The molecule has 0 fully saturated rings. The summed E-state index contributed by atoms with van der Waals surface area (Å²) in [6.45, 7) is 0.626. The molecule has 8 heteroatoms. The predicted octanol–water partition coefficient (Wildman–Crippen LogP) is 6.77. The molecule has 176 valence electrons. The minimum absolute atomic E-state index is 0.0400. The molecular weight excluding hydrogens is 447 g/mol. The molecule has 0 radical (unpaired) electrons. The standard InChI is InChI=1S/C26H22F3NO4/c1-16(2)24(17-8-11-20(12-9-17)33-26(28)29)25(31)34-23(15-30)18-10-13-21(27)22(14-18)32-19-6-4-3-5-7-19/h3-14,16,23-24,26H,1-2H3. The number of ether oxygens (including phenoxy) is 3. The largest absolute Gasteiger partial charge is 0.454 e. The number of rotatable bonds is 9. The molecule has 0 aliphatic rings. The third kappa shape index (κ3) is 6.29. The Morgan fingerprint density at radius 2 is 1.56 bits per heavy atom. The van der Waals surface area contributed by atoms with Gasteiger partial charge in [-0.2, -0.15) is 14.0 Å². The number of para-hydroxylation sites is 1. The number of carbonyl (C=O) groups excluding carboxylic acids is 1. The van der Waals surface area contributed by atoms with E-state index in [4.69, 9.17) is 9.47 Å². The highest BCUT2D eigenvalue weighted by molar-refractivity contribution is 5.79. The third-order valence-corrected chi connectivity index (χ3v) is 4.97. The fraction of sp³-hybridized carbons (Fsp3) is 0.231. The van der Waals surface area contributed by atoms with E-state index in [1.165, 1.54) is 36.4 Å². The first kappa shape index (κ1) is 24.6. The van der Waals surface area contributed by atoms with Crippen molar-refractivity contribution in [3.8, 4) is 23.3 Å². The molecule has 34 heavy (non-hydrogen) atoms. The number of alkyl halides is 2. The smallest absolute Gasteiger partial charge is 0.387 e. The Balaban J connectivity index is 1.80. The van der Waals surface area contributed by atoms with E-state index >= 15 is 0 Å². The number of nitriles is 1. The number of carbonyl (C=O) groups is 1. The van der Waals surface area contributed by atoms with Gasteiger partial charge in [0.25, 0.3) is 0 Å². The van der Waals surface area contributed by atoms with E-state index in [-0.39, 0.29) is 23.0 Å². The number of hydrogen-bond donors (Lipinski definition) is 0. The van der Waals surface area contributed by atoms with Crippen LogP contribution in [0, 0.1) is 23.1 Å². The van der Waals surface area contributed by atoms with Gasteiger partial charge in [0.15, 0.2) is 11.6 Å². The summed E-state index contributed by atoms with van der Waals surface area (Å²) in [6, 6.07) is 19.9. The van der Waals surface area contributed by atoms with Crippen molar-refractivity contribution in [2.45, 2.75) is 32.5 Å². The quantitative estimate of drug-likeness (QED) is 0.324. The molecule has 2 unspecified atom stereocenters. The zero-order valence-electron chi connectivity index (χ0n) is 18.5. The summed E-state index contributed by atoms with van der Waals surface area (Å²) in [5, 5.41) is 9.64. The van der Waals surface area contributed by atoms with Gasteiger partial charge in [0, 0.05) is 5.56 Å². The lowest BCUT2D eigenvalue weighted by Gasteiger charge is -2.22. The second-order valence-electron chi connectivity index (χ2n) is 7.72. The van der Waals surface area contributed by atoms with Gasteiger partial charge in [-0.05, 0) is 47.9 Å². The number of hydrogen-bond acceptors (Lipinski definition) is 5. The van der Waals surface area contributed by atoms with Gasteiger partial charge >= 0.3 is 12.6 Å². The molecule has 3 aromatic rings. The Kier molecular flexibility index (Phi) is 8.14. The molecule has 0 heterocycles. The minimum Gasteiger partial charge on any atom is -0.454 e. The first-order chi connectivity index (χ1) is 16.3. The first-order valence-electron chi connectivity index (χ1n) is 10.5. The molecule has 0 N–H and O–H groups in total. The summed E-state index contributed by atoms with van der Waals surface area (Å²) in [5.41, 5.74) is 0.761. The molecule has 0 aliphatic heterocycles. The molecule has 0 bridgehead atoms. The lowest BCUT2D eigenvalue weighted by atomic mass is 9.88. The second kappa shape index (κ2) is 11.2. The van der Waals surface area contributed by atoms with Crippen molar-refractivity contribution in [1.82, 2.24) is 0 Å². The summed E-state index contributed by atoms with van der Waals surface area (Å²) >= 11 is 0. The zero-order chi connectivity index (χ0) is 24.7. The highest BCUT2D eigenvalue weighted by Crippen LogP contribution is 2.32. The van der Waals surface area contributed by atoms with Gasteiger partial charge in [-0.25, -0.2) is 4.39 Å². The van der Waals surface area contributed by atoms with Crippen LogP contribution in [0.2, 0.25) is 0 Å². The molecule has 0 amide bonds. The average Bonchev–Trinajstić information content (AvgIpc) is 2.80. The number of nitrogens with zero attached hydrogens (tertiary/aromatic N) is 1. The Morgan fingerprint density at radius 3 is 2.15 bits per heavy atom. The van der Waals surface area contributed by atoms with E-state index in [1.54, 1.807) is 44.2 Å². The average molecular weight is 469 g/mol. The van der Waals surface area contributed by atoms with Gasteiger partial charge in [-0.1, -0.05) is 50.2 Å². The van der Waals surface area contributed by atoms with E-state index < -0.39 is 30.4 Å². The Bertz CT molecular complexity index is 1140. The van der Waals surface area contributed by atoms with Gasteiger partial charge < -0.3 is 14.2 Å². The zero-order valence-corrected chi connectivity index (χ0v) is 18.5. The molecule has 0 saturated carbocycles. The van der Waals surface area contributed by atoms with E-state index in [0.29, 0.717) is 11.3 Å². The van der Waals surface area contributed by atoms with Gasteiger partial charge in [-0.3, -0.25) is 4.79 Å². The molecule has 0 aromatic heterocycles. The van der Waals surface area contributed by atoms with Crippen molar-refractivity contribution in [1.29, 1.82) is 5.26 Å². The Hall–Kier alpha value is -3.99. The molecule has 3 aromatic carbocycles. The topological polar surface area (TPSA) is 68.6 Å². The van der Waals surface area contributed by atoms with Crippen LogP contribution in [-0.4, -0.2) is 12.6 Å². The maximum absolute atomic E-state index is 14.3. The van der Waals surface area contributed by atoms with Crippen LogP contribution >= 0.6 is 0 Å². The minimum atomic E-state index is -2.96. The van der Waals surface area contributed by atoms with E-state index in [0.717, 1.165) is 6.07 Å². The molecule has 5 nitrogen and oxygen atoms in total. The van der Waals surface area contributed by atoms with Crippen molar-refractivity contribution in [2.75, 3.05) is 0 Å². The van der Waals surface area contributed by atoms with Gasteiger partial charge in [0.2, 0.25) is 6.10 Å². The molecule has 0 saturated heterocycles. The number of esters is 1. The summed E-state index contributed by atoms with van der Waals surface area (Å²) in [7, 11) is 0. The van der Waals surface area contributed by atoms with E-state index in [2.05, 4.69) is 4.74 Å². The Morgan fingerprint density at radius 1 is 0.912 bits per heavy atom. The first-order valence-corrected chi connectivity index (χ1v) is 10.5.